The van der Waals surface area contributed by atoms with Crippen molar-refractivity contribution in [3.8, 4) is 0 Å². The number of piperidine rings is 1. The van der Waals surface area contributed by atoms with Crippen molar-refractivity contribution in [2.75, 3.05) is 19.6 Å². The lowest BCUT2D eigenvalue weighted by Gasteiger charge is -2.33. The van der Waals surface area contributed by atoms with Crippen molar-refractivity contribution >= 4 is 5.91 Å². The zero-order valence-electron chi connectivity index (χ0n) is 11.0. The third kappa shape index (κ3) is 3.60. The lowest BCUT2D eigenvalue weighted by molar-refractivity contribution is 0.0921. The number of furan rings is 1. The zero-order valence-corrected chi connectivity index (χ0v) is 11.0. The number of hydrogen-bond donors (Lipinski definition) is 1. The molecule has 4 nitrogen and oxygen atoms in total. The molecular formula is C14H22N2O2. The standard InChI is InChI=1S/C14H22N2O2/c1-12-6-2-3-9-16(12)10-5-8-15-14(17)13-7-4-11-18-13/h4,7,11-12H,2-3,5-6,8-10H2,1H3,(H,15,17). The Morgan fingerprint density at radius 3 is 3.17 bits per heavy atom. The van der Waals surface area contributed by atoms with E-state index in [4.69, 9.17) is 4.42 Å². The molecule has 2 rings (SSSR count). The minimum Gasteiger partial charge on any atom is -0.459 e. The van der Waals surface area contributed by atoms with Crippen LogP contribution in [-0.2, 0) is 0 Å². The predicted molar refractivity (Wildman–Crippen MR) is 70.5 cm³/mol. The Hall–Kier alpha value is -1.29. The molecule has 1 unspecified atom stereocenters. The summed E-state index contributed by atoms with van der Waals surface area (Å²) in [5.41, 5.74) is 0. The van der Waals surface area contributed by atoms with Gasteiger partial charge in [0.2, 0.25) is 0 Å². The second-order valence-corrected chi connectivity index (χ2v) is 4.97. The maximum Gasteiger partial charge on any atom is 0.286 e. The number of nitrogens with zero attached hydrogens (tertiary/aromatic N) is 1. The van der Waals surface area contributed by atoms with Crippen molar-refractivity contribution in [3.05, 3.63) is 24.2 Å². The molecule has 4 heteroatoms. The molecule has 0 aliphatic carbocycles. The number of nitrogens with one attached hydrogen (secondary N) is 1. The van der Waals surface area contributed by atoms with Crippen LogP contribution in [0.5, 0.6) is 0 Å². The molecule has 18 heavy (non-hydrogen) atoms. The fraction of sp³-hybridized carbons (Fsp3) is 0.643. The van der Waals surface area contributed by atoms with Crippen molar-refractivity contribution in [1.29, 1.82) is 0 Å². The van der Waals surface area contributed by atoms with Crippen LogP contribution in [0.3, 0.4) is 0 Å². The number of likely N-dealkylation sites (tertiary alicyclic amines) is 1. The largest absolute Gasteiger partial charge is 0.459 e. The van der Waals surface area contributed by atoms with Gasteiger partial charge >= 0.3 is 0 Å². The molecule has 1 amide bonds. The molecule has 2 heterocycles. The average molecular weight is 250 g/mol. The summed E-state index contributed by atoms with van der Waals surface area (Å²) < 4.78 is 5.04. The van der Waals surface area contributed by atoms with Crippen molar-refractivity contribution in [2.45, 2.75) is 38.6 Å². The van der Waals surface area contributed by atoms with E-state index >= 15 is 0 Å². The van der Waals surface area contributed by atoms with E-state index in [2.05, 4.69) is 17.1 Å². The third-order valence-electron chi connectivity index (χ3n) is 3.59. The maximum absolute atomic E-state index is 11.6. The number of amides is 1. The number of carbonyl (C=O) groups excluding carboxylic acids is 1. The Morgan fingerprint density at radius 2 is 2.44 bits per heavy atom. The molecule has 1 aliphatic heterocycles. The monoisotopic (exact) mass is 250 g/mol. The zero-order chi connectivity index (χ0) is 12.8. The highest BCUT2D eigenvalue weighted by Gasteiger charge is 2.17. The van der Waals surface area contributed by atoms with Gasteiger partial charge in [-0.2, -0.15) is 0 Å². The molecular weight excluding hydrogens is 228 g/mol. The summed E-state index contributed by atoms with van der Waals surface area (Å²) in [5, 5.41) is 2.88. The van der Waals surface area contributed by atoms with E-state index in [0.29, 0.717) is 18.3 Å². The number of rotatable bonds is 5. The highest BCUT2D eigenvalue weighted by Crippen LogP contribution is 2.16. The lowest BCUT2D eigenvalue weighted by atomic mass is 10.0. The molecule has 1 saturated heterocycles. The fourth-order valence-electron chi connectivity index (χ4n) is 2.47. The van der Waals surface area contributed by atoms with Gasteiger partial charge in [-0.25, -0.2) is 0 Å². The van der Waals surface area contributed by atoms with Crippen LogP contribution in [-0.4, -0.2) is 36.5 Å². The molecule has 1 aromatic heterocycles. The minimum absolute atomic E-state index is 0.119. The predicted octanol–water partition coefficient (Wildman–Crippen LogP) is 2.27. The smallest absolute Gasteiger partial charge is 0.286 e. The molecule has 0 saturated carbocycles. The van der Waals surface area contributed by atoms with Crippen LogP contribution < -0.4 is 5.32 Å². The van der Waals surface area contributed by atoms with Crippen LogP contribution in [0, 0.1) is 0 Å². The third-order valence-corrected chi connectivity index (χ3v) is 3.59. The lowest BCUT2D eigenvalue weighted by Crippen LogP contribution is -2.39. The maximum atomic E-state index is 11.6. The quantitative estimate of drug-likeness (QED) is 0.815. The van der Waals surface area contributed by atoms with Crippen LogP contribution in [0.25, 0.3) is 0 Å². The van der Waals surface area contributed by atoms with Crippen molar-refractivity contribution in [2.24, 2.45) is 0 Å². The van der Waals surface area contributed by atoms with Gasteiger partial charge in [0.25, 0.3) is 5.91 Å². The second kappa shape index (κ2) is 6.59. The van der Waals surface area contributed by atoms with Gasteiger partial charge in [0.15, 0.2) is 5.76 Å². The first-order valence-corrected chi connectivity index (χ1v) is 6.83. The van der Waals surface area contributed by atoms with E-state index in [1.807, 2.05) is 0 Å². The van der Waals surface area contributed by atoms with Crippen LogP contribution in [0.15, 0.2) is 22.8 Å². The summed E-state index contributed by atoms with van der Waals surface area (Å²) in [4.78, 5) is 14.1. The highest BCUT2D eigenvalue weighted by molar-refractivity contribution is 5.91. The van der Waals surface area contributed by atoms with Crippen LogP contribution in [0.2, 0.25) is 0 Å². The van der Waals surface area contributed by atoms with E-state index in [1.165, 1.54) is 32.1 Å². The van der Waals surface area contributed by atoms with E-state index in [1.54, 1.807) is 12.1 Å². The SMILES string of the molecule is CC1CCCCN1CCCNC(=O)c1ccco1. The van der Waals surface area contributed by atoms with Crippen LogP contribution in [0.1, 0.15) is 43.2 Å². The Labute approximate surface area is 108 Å². The summed E-state index contributed by atoms with van der Waals surface area (Å²) in [7, 11) is 0. The molecule has 1 fully saturated rings. The van der Waals surface area contributed by atoms with Gasteiger partial charge in [-0.3, -0.25) is 4.79 Å². The van der Waals surface area contributed by atoms with Gasteiger partial charge in [0.1, 0.15) is 0 Å². The Morgan fingerprint density at radius 1 is 1.56 bits per heavy atom. The summed E-state index contributed by atoms with van der Waals surface area (Å²) in [6.45, 7) is 5.27. The van der Waals surface area contributed by atoms with Gasteiger partial charge in [-0.1, -0.05) is 6.42 Å². The molecule has 0 aromatic carbocycles. The highest BCUT2D eigenvalue weighted by atomic mass is 16.3. The van der Waals surface area contributed by atoms with Gasteiger partial charge in [0, 0.05) is 19.1 Å². The molecule has 1 aliphatic rings. The molecule has 100 valence electrons. The molecule has 1 aromatic rings. The molecule has 1 N–H and O–H groups in total. The topological polar surface area (TPSA) is 45.5 Å². The van der Waals surface area contributed by atoms with Crippen molar-refractivity contribution in [3.63, 3.8) is 0 Å². The van der Waals surface area contributed by atoms with Gasteiger partial charge in [0.05, 0.1) is 6.26 Å². The van der Waals surface area contributed by atoms with E-state index < -0.39 is 0 Å². The van der Waals surface area contributed by atoms with E-state index in [9.17, 15) is 4.79 Å². The molecule has 1 atom stereocenters. The molecule has 0 spiro atoms. The summed E-state index contributed by atoms with van der Waals surface area (Å²) in [6, 6.07) is 4.10. The Bertz CT molecular complexity index is 362. The normalized spacial score (nSPS) is 20.8. The fourth-order valence-corrected chi connectivity index (χ4v) is 2.47. The first-order chi connectivity index (χ1) is 8.77. The number of carbonyl (C=O) groups is 1. The van der Waals surface area contributed by atoms with Crippen molar-refractivity contribution < 1.29 is 9.21 Å². The van der Waals surface area contributed by atoms with E-state index in [-0.39, 0.29) is 5.91 Å². The second-order valence-electron chi connectivity index (χ2n) is 4.97. The van der Waals surface area contributed by atoms with Gasteiger partial charge in [-0.15, -0.1) is 0 Å². The Balaban J connectivity index is 1.62. The first-order valence-electron chi connectivity index (χ1n) is 6.83. The molecule has 0 radical (unpaired) electrons. The van der Waals surface area contributed by atoms with E-state index in [0.717, 1.165) is 13.0 Å². The number of hydrogen-bond acceptors (Lipinski definition) is 3. The minimum atomic E-state index is -0.119. The van der Waals surface area contributed by atoms with Gasteiger partial charge < -0.3 is 14.6 Å². The van der Waals surface area contributed by atoms with Gasteiger partial charge in [-0.05, 0) is 44.9 Å². The summed E-state index contributed by atoms with van der Waals surface area (Å²) in [6.07, 6.45) is 6.48. The van der Waals surface area contributed by atoms with Crippen molar-refractivity contribution in [1.82, 2.24) is 10.2 Å². The average Bonchev–Trinajstić information content (AvgIpc) is 2.90. The summed E-state index contributed by atoms with van der Waals surface area (Å²) >= 11 is 0. The molecule has 0 bridgehead atoms. The summed E-state index contributed by atoms with van der Waals surface area (Å²) in [5.74, 6) is 0.271. The first kappa shape index (κ1) is 13.1. The van der Waals surface area contributed by atoms with Crippen LogP contribution >= 0.6 is 0 Å². The van der Waals surface area contributed by atoms with Crippen LogP contribution in [0.4, 0.5) is 0 Å². The Kier molecular flexibility index (Phi) is 4.81.